The number of nitriles is 1. The fraction of sp³-hybridized carbons (Fsp3) is 0.0833. The Kier molecular flexibility index (Phi) is 2.33. The zero-order chi connectivity index (χ0) is 9.80. The molecule has 14 heavy (non-hydrogen) atoms. The van der Waals surface area contributed by atoms with Gasteiger partial charge in [-0.25, -0.2) is 0 Å². The van der Waals surface area contributed by atoms with Gasteiger partial charge in [0.25, 0.3) is 0 Å². The molecule has 0 saturated carbocycles. The third-order valence-electron chi connectivity index (χ3n) is 2.24. The Balaban J connectivity index is 2.49. The molecular weight excluding hydrogens is 172 g/mol. The molecule has 0 heterocycles. The van der Waals surface area contributed by atoms with Crippen LogP contribution in [0.1, 0.15) is 5.56 Å². The lowest BCUT2D eigenvalue weighted by molar-refractivity contribution is 0.892. The number of rotatable bonds is 2. The molecule has 0 unspecified atom stereocenters. The second-order valence-electron chi connectivity index (χ2n) is 3.10. The highest BCUT2D eigenvalue weighted by molar-refractivity contribution is 5.85. The molecule has 2 aromatic rings. The fourth-order valence-electron chi connectivity index (χ4n) is 1.58. The van der Waals surface area contributed by atoms with Gasteiger partial charge in [-0.05, 0) is 16.3 Å². The Hall–Kier alpha value is -2.01. The number of hydrogen-bond donors (Lipinski definition) is 1. The van der Waals surface area contributed by atoms with Crippen LogP contribution < -0.4 is 5.32 Å². The van der Waals surface area contributed by atoms with Crippen LogP contribution in [0.15, 0.2) is 42.5 Å². The summed E-state index contributed by atoms with van der Waals surface area (Å²) in [7, 11) is 0. The predicted molar refractivity (Wildman–Crippen MR) is 56.4 cm³/mol. The van der Waals surface area contributed by atoms with Crippen molar-refractivity contribution < 1.29 is 0 Å². The third kappa shape index (κ3) is 1.53. The van der Waals surface area contributed by atoms with Gasteiger partial charge in [0, 0.05) is 0 Å². The van der Waals surface area contributed by atoms with E-state index in [1.54, 1.807) is 0 Å². The van der Waals surface area contributed by atoms with E-state index in [-0.39, 0.29) is 0 Å². The lowest BCUT2D eigenvalue weighted by Gasteiger charge is -2.04. The molecule has 2 aromatic carbocycles. The molecule has 0 aliphatic rings. The van der Waals surface area contributed by atoms with Crippen LogP contribution >= 0.6 is 0 Å². The van der Waals surface area contributed by atoms with Crippen molar-refractivity contribution in [2.75, 3.05) is 0 Å². The largest absolute Gasteiger partial charge is 0.319 e. The van der Waals surface area contributed by atoms with Gasteiger partial charge in [0.05, 0.1) is 6.54 Å². The van der Waals surface area contributed by atoms with Gasteiger partial charge < -0.3 is 5.32 Å². The maximum absolute atomic E-state index is 8.44. The highest BCUT2D eigenvalue weighted by Gasteiger charge is 1.98. The maximum atomic E-state index is 8.44. The number of benzene rings is 2. The summed E-state index contributed by atoms with van der Waals surface area (Å²) in [5.41, 5.74) is 1.16. The lowest BCUT2D eigenvalue weighted by atomic mass is 10.0. The van der Waals surface area contributed by atoms with E-state index in [0.717, 1.165) is 5.56 Å². The van der Waals surface area contributed by atoms with Gasteiger partial charge in [0.1, 0.15) is 0 Å². The van der Waals surface area contributed by atoms with E-state index in [1.807, 2.05) is 30.5 Å². The second kappa shape index (κ2) is 3.80. The molecular formula is C12H10N2. The van der Waals surface area contributed by atoms with Crippen molar-refractivity contribution in [1.82, 2.24) is 5.32 Å². The van der Waals surface area contributed by atoms with Gasteiger partial charge in [0.2, 0.25) is 0 Å². The molecule has 0 spiro atoms. The molecule has 0 aliphatic carbocycles. The van der Waals surface area contributed by atoms with Crippen molar-refractivity contribution in [3.63, 3.8) is 0 Å². The smallest absolute Gasteiger partial charge is 0.176 e. The fourth-order valence-corrected chi connectivity index (χ4v) is 1.58. The van der Waals surface area contributed by atoms with Crippen LogP contribution in [0.5, 0.6) is 0 Å². The first-order valence-corrected chi connectivity index (χ1v) is 4.50. The molecule has 2 nitrogen and oxygen atoms in total. The van der Waals surface area contributed by atoms with E-state index < -0.39 is 0 Å². The molecule has 0 radical (unpaired) electrons. The summed E-state index contributed by atoms with van der Waals surface area (Å²) < 4.78 is 0. The molecule has 68 valence electrons. The Labute approximate surface area is 82.8 Å². The molecule has 0 amide bonds. The van der Waals surface area contributed by atoms with Crippen molar-refractivity contribution in [2.24, 2.45) is 0 Å². The highest BCUT2D eigenvalue weighted by Crippen LogP contribution is 2.17. The van der Waals surface area contributed by atoms with E-state index in [1.165, 1.54) is 10.8 Å². The Morgan fingerprint density at radius 3 is 2.71 bits per heavy atom. The van der Waals surface area contributed by atoms with Crippen molar-refractivity contribution in [3.8, 4) is 6.19 Å². The minimum atomic E-state index is 0.595. The van der Waals surface area contributed by atoms with Crippen molar-refractivity contribution >= 4 is 10.8 Å². The van der Waals surface area contributed by atoms with E-state index >= 15 is 0 Å². The summed E-state index contributed by atoms with van der Waals surface area (Å²) in [5, 5.41) is 13.5. The van der Waals surface area contributed by atoms with Crippen LogP contribution in [-0.4, -0.2) is 0 Å². The lowest BCUT2D eigenvalue weighted by Crippen LogP contribution is -2.04. The molecule has 2 rings (SSSR count). The van der Waals surface area contributed by atoms with Gasteiger partial charge >= 0.3 is 0 Å². The average molecular weight is 182 g/mol. The zero-order valence-corrected chi connectivity index (χ0v) is 7.70. The van der Waals surface area contributed by atoms with Crippen LogP contribution in [-0.2, 0) is 6.54 Å². The van der Waals surface area contributed by atoms with Gasteiger partial charge in [-0.15, -0.1) is 0 Å². The minimum Gasteiger partial charge on any atom is -0.319 e. The standard InChI is InChI=1S/C12H10N2/c13-9-14-8-11-6-3-5-10-4-1-2-7-12(10)11/h1-7,14H,8H2. The zero-order valence-electron chi connectivity index (χ0n) is 7.70. The van der Waals surface area contributed by atoms with E-state index in [0.29, 0.717) is 6.54 Å². The van der Waals surface area contributed by atoms with Gasteiger partial charge in [-0.2, -0.15) is 5.26 Å². The first-order chi connectivity index (χ1) is 6.92. The predicted octanol–water partition coefficient (Wildman–Crippen LogP) is 2.41. The molecule has 0 aromatic heterocycles. The number of fused-ring (bicyclic) bond motifs is 1. The van der Waals surface area contributed by atoms with Gasteiger partial charge in [-0.3, -0.25) is 0 Å². The molecule has 0 bridgehead atoms. The minimum absolute atomic E-state index is 0.595. The van der Waals surface area contributed by atoms with Gasteiger partial charge in [0.15, 0.2) is 6.19 Å². The second-order valence-corrected chi connectivity index (χ2v) is 3.10. The topological polar surface area (TPSA) is 35.8 Å². The molecule has 0 fully saturated rings. The molecule has 2 heteroatoms. The summed E-state index contributed by atoms with van der Waals surface area (Å²) in [6, 6.07) is 14.3. The van der Waals surface area contributed by atoms with Crippen molar-refractivity contribution in [2.45, 2.75) is 6.54 Å². The Bertz CT molecular complexity index is 478. The summed E-state index contributed by atoms with van der Waals surface area (Å²) in [6.45, 7) is 0.595. The number of nitrogens with one attached hydrogen (secondary N) is 1. The first-order valence-electron chi connectivity index (χ1n) is 4.50. The summed E-state index contributed by atoms with van der Waals surface area (Å²) in [6.07, 6.45) is 1.93. The molecule has 0 atom stereocenters. The molecule has 0 saturated heterocycles. The first kappa shape index (κ1) is 8.58. The quantitative estimate of drug-likeness (QED) is 0.572. The number of nitrogens with zero attached hydrogens (tertiary/aromatic N) is 1. The van der Waals surface area contributed by atoms with Crippen LogP contribution in [0.25, 0.3) is 10.8 Å². The normalized spacial score (nSPS) is 9.64. The van der Waals surface area contributed by atoms with Crippen LogP contribution in [0, 0.1) is 11.5 Å². The van der Waals surface area contributed by atoms with Crippen LogP contribution in [0.4, 0.5) is 0 Å². The molecule has 0 aliphatic heterocycles. The van der Waals surface area contributed by atoms with Crippen LogP contribution in [0.3, 0.4) is 0 Å². The SMILES string of the molecule is N#CNCc1cccc2ccccc12. The third-order valence-corrected chi connectivity index (χ3v) is 2.24. The highest BCUT2D eigenvalue weighted by atomic mass is 14.8. The number of hydrogen-bond acceptors (Lipinski definition) is 2. The summed E-state index contributed by atoms with van der Waals surface area (Å²) in [4.78, 5) is 0. The Morgan fingerprint density at radius 1 is 1.07 bits per heavy atom. The van der Waals surface area contributed by atoms with Crippen molar-refractivity contribution in [3.05, 3.63) is 48.0 Å². The Morgan fingerprint density at radius 2 is 1.86 bits per heavy atom. The van der Waals surface area contributed by atoms with E-state index in [4.69, 9.17) is 5.26 Å². The maximum Gasteiger partial charge on any atom is 0.176 e. The monoisotopic (exact) mass is 182 g/mol. The van der Waals surface area contributed by atoms with E-state index in [9.17, 15) is 0 Å². The molecule has 1 N–H and O–H groups in total. The van der Waals surface area contributed by atoms with Crippen molar-refractivity contribution in [1.29, 1.82) is 5.26 Å². The summed E-state index contributed by atoms with van der Waals surface area (Å²) in [5.74, 6) is 0. The van der Waals surface area contributed by atoms with E-state index in [2.05, 4.69) is 23.5 Å². The average Bonchev–Trinajstić information content (AvgIpc) is 2.26. The van der Waals surface area contributed by atoms with Gasteiger partial charge in [-0.1, -0.05) is 42.5 Å². The van der Waals surface area contributed by atoms with Crippen LogP contribution in [0.2, 0.25) is 0 Å². The summed E-state index contributed by atoms with van der Waals surface area (Å²) >= 11 is 0.